The highest BCUT2D eigenvalue weighted by Gasteiger charge is 2.12. The molecule has 0 spiro atoms. The molecular weight excluding hydrogens is 254 g/mol. The number of sulfonamides is 1. The predicted molar refractivity (Wildman–Crippen MR) is 71.2 cm³/mol. The third-order valence-corrected chi connectivity index (χ3v) is 3.77. The molecule has 1 aromatic carbocycles. The number of nitrogens with one attached hydrogen (secondary N) is 1. The van der Waals surface area contributed by atoms with Crippen molar-refractivity contribution in [1.82, 2.24) is 0 Å². The smallest absolute Gasteiger partial charge is 0.232 e. The van der Waals surface area contributed by atoms with Crippen LogP contribution >= 0.6 is 0 Å². The lowest BCUT2D eigenvalue weighted by molar-refractivity contribution is 0.318. The Kier molecular flexibility index (Phi) is 4.55. The number of hydrogen-bond donors (Lipinski definition) is 3. The molecule has 18 heavy (non-hydrogen) atoms. The predicted octanol–water partition coefficient (Wildman–Crippen LogP) is 1.18. The molecule has 1 aromatic rings. The van der Waals surface area contributed by atoms with Gasteiger partial charge in [-0.05, 0) is 30.2 Å². The van der Waals surface area contributed by atoms with Gasteiger partial charge in [0, 0.05) is 11.3 Å². The van der Waals surface area contributed by atoms with Gasteiger partial charge in [-0.3, -0.25) is 4.72 Å². The Bertz CT molecular complexity index is 521. The lowest BCUT2D eigenvalue weighted by Gasteiger charge is -2.10. The van der Waals surface area contributed by atoms with E-state index >= 15 is 0 Å². The fourth-order valence-electron chi connectivity index (χ4n) is 1.43. The number of nitrogens with zero attached hydrogens (tertiary/aromatic N) is 1. The molecule has 0 atom stereocenters. The third kappa shape index (κ3) is 4.25. The minimum absolute atomic E-state index is 0.0217. The van der Waals surface area contributed by atoms with Crippen molar-refractivity contribution in [3.8, 4) is 0 Å². The second-order valence-corrected chi connectivity index (χ2v) is 6.11. The summed E-state index contributed by atoms with van der Waals surface area (Å²) in [6.45, 7) is 3.67. The summed E-state index contributed by atoms with van der Waals surface area (Å²) in [4.78, 5) is 0. The maximum atomic E-state index is 11.7. The average Bonchev–Trinajstić information content (AvgIpc) is 2.26. The summed E-state index contributed by atoms with van der Waals surface area (Å²) < 4.78 is 25.8. The van der Waals surface area contributed by atoms with Crippen LogP contribution in [0, 0.1) is 5.92 Å². The number of hydrogen-bond acceptors (Lipinski definition) is 4. The number of rotatable bonds is 5. The van der Waals surface area contributed by atoms with Gasteiger partial charge in [-0.25, -0.2) is 8.42 Å². The van der Waals surface area contributed by atoms with Crippen LogP contribution in [0.2, 0.25) is 0 Å². The molecule has 4 N–H and O–H groups in total. The van der Waals surface area contributed by atoms with Crippen LogP contribution in [0.1, 0.15) is 19.4 Å². The third-order valence-electron chi connectivity index (χ3n) is 2.11. The van der Waals surface area contributed by atoms with Gasteiger partial charge in [0.25, 0.3) is 0 Å². The Morgan fingerprint density at radius 1 is 1.39 bits per heavy atom. The van der Waals surface area contributed by atoms with Crippen LogP contribution in [0.25, 0.3) is 0 Å². The molecule has 6 nitrogen and oxygen atoms in total. The number of amidine groups is 1. The molecule has 0 amide bonds. The SMILES string of the molecule is CC(C)CS(=O)(=O)Nc1ccc(C(N)=NO)cc1. The van der Waals surface area contributed by atoms with Gasteiger partial charge < -0.3 is 10.9 Å². The Labute approximate surface area is 107 Å². The Morgan fingerprint density at radius 2 is 1.94 bits per heavy atom. The highest BCUT2D eigenvalue weighted by Crippen LogP contribution is 2.12. The van der Waals surface area contributed by atoms with E-state index in [-0.39, 0.29) is 17.5 Å². The molecule has 0 aliphatic carbocycles. The van der Waals surface area contributed by atoms with Gasteiger partial charge >= 0.3 is 0 Å². The van der Waals surface area contributed by atoms with Crippen molar-refractivity contribution in [2.45, 2.75) is 13.8 Å². The van der Waals surface area contributed by atoms with Crippen molar-refractivity contribution in [3.63, 3.8) is 0 Å². The second kappa shape index (κ2) is 5.72. The van der Waals surface area contributed by atoms with Gasteiger partial charge in [-0.1, -0.05) is 19.0 Å². The van der Waals surface area contributed by atoms with Crippen LogP contribution in [0.15, 0.2) is 29.4 Å². The fourth-order valence-corrected chi connectivity index (χ4v) is 2.88. The first-order chi connectivity index (χ1) is 8.34. The topological polar surface area (TPSA) is 105 Å². The summed E-state index contributed by atoms with van der Waals surface area (Å²) in [7, 11) is -3.33. The number of anilines is 1. The first kappa shape index (κ1) is 14.3. The molecule has 0 aliphatic heterocycles. The van der Waals surface area contributed by atoms with Gasteiger partial charge in [0.1, 0.15) is 0 Å². The van der Waals surface area contributed by atoms with Crippen LogP contribution in [-0.4, -0.2) is 25.2 Å². The van der Waals surface area contributed by atoms with Crippen molar-refractivity contribution in [2.75, 3.05) is 10.5 Å². The van der Waals surface area contributed by atoms with E-state index in [0.717, 1.165) is 0 Å². The average molecular weight is 271 g/mol. The van der Waals surface area contributed by atoms with Gasteiger partial charge in [0.2, 0.25) is 10.0 Å². The Hall–Kier alpha value is -1.76. The van der Waals surface area contributed by atoms with E-state index in [0.29, 0.717) is 11.3 Å². The molecule has 0 radical (unpaired) electrons. The van der Waals surface area contributed by atoms with Crippen LogP contribution < -0.4 is 10.5 Å². The zero-order chi connectivity index (χ0) is 13.8. The zero-order valence-electron chi connectivity index (χ0n) is 10.3. The molecule has 0 unspecified atom stereocenters. The summed E-state index contributed by atoms with van der Waals surface area (Å²) in [6, 6.07) is 6.26. The van der Waals surface area contributed by atoms with Crippen LogP contribution in [0.3, 0.4) is 0 Å². The van der Waals surface area contributed by atoms with Gasteiger partial charge in [-0.15, -0.1) is 0 Å². The van der Waals surface area contributed by atoms with Crippen molar-refractivity contribution < 1.29 is 13.6 Å². The maximum Gasteiger partial charge on any atom is 0.232 e. The first-order valence-corrected chi connectivity index (χ1v) is 7.07. The Balaban J connectivity index is 2.82. The molecular formula is C11H17N3O3S. The summed E-state index contributed by atoms with van der Waals surface area (Å²) in [5, 5.41) is 11.4. The molecule has 0 bridgehead atoms. The minimum Gasteiger partial charge on any atom is -0.409 e. The summed E-state index contributed by atoms with van der Waals surface area (Å²) >= 11 is 0. The lowest BCUT2D eigenvalue weighted by atomic mass is 10.2. The van der Waals surface area contributed by atoms with E-state index in [9.17, 15) is 8.42 Å². The highest BCUT2D eigenvalue weighted by molar-refractivity contribution is 7.92. The standard InChI is InChI=1S/C11H17N3O3S/c1-8(2)7-18(16,17)14-10-5-3-9(4-6-10)11(12)13-15/h3-6,8,14-15H,7H2,1-2H3,(H2,12,13). The molecule has 0 saturated heterocycles. The molecule has 1 rings (SSSR count). The minimum atomic E-state index is -3.33. The number of nitrogens with two attached hydrogens (primary N) is 1. The molecule has 7 heteroatoms. The largest absolute Gasteiger partial charge is 0.409 e. The van der Waals surface area contributed by atoms with Crippen LogP contribution in [0.5, 0.6) is 0 Å². The first-order valence-electron chi connectivity index (χ1n) is 5.42. The van der Waals surface area contributed by atoms with Gasteiger partial charge in [0.05, 0.1) is 5.75 Å². The van der Waals surface area contributed by atoms with Crippen LogP contribution in [0.4, 0.5) is 5.69 Å². The number of oxime groups is 1. The highest BCUT2D eigenvalue weighted by atomic mass is 32.2. The zero-order valence-corrected chi connectivity index (χ0v) is 11.1. The summed E-state index contributed by atoms with van der Waals surface area (Å²) in [5.74, 6) is 0.0974. The lowest BCUT2D eigenvalue weighted by Crippen LogP contribution is -2.20. The monoisotopic (exact) mass is 271 g/mol. The molecule has 0 aromatic heterocycles. The molecule has 0 saturated carbocycles. The van der Waals surface area contributed by atoms with E-state index in [4.69, 9.17) is 10.9 Å². The van der Waals surface area contributed by atoms with Crippen molar-refractivity contribution in [1.29, 1.82) is 0 Å². The molecule has 0 fully saturated rings. The molecule has 0 aliphatic rings. The normalized spacial score (nSPS) is 12.7. The fraction of sp³-hybridized carbons (Fsp3) is 0.364. The quantitative estimate of drug-likeness (QED) is 0.323. The summed E-state index contributed by atoms with van der Waals surface area (Å²) in [6.07, 6.45) is 0. The second-order valence-electron chi connectivity index (χ2n) is 4.34. The van der Waals surface area contributed by atoms with E-state index in [1.807, 2.05) is 13.8 Å². The van der Waals surface area contributed by atoms with Gasteiger partial charge in [-0.2, -0.15) is 0 Å². The van der Waals surface area contributed by atoms with Gasteiger partial charge in [0.15, 0.2) is 5.84 Å². The van der Waals surface area contributed by atoms with E-state index in [1.54, 1.807) is 24.3 Å². The molecule has 0 heterocycles. The maximum absolute atomic E-state index is 11.7. The van der Waals surface area contributed by atoms with Crippen LogP contribution in [-0.2, 0) is 10.0 Å². The summed E-state index contributed by atoms with van der Waals surface area (Å²) in [5.41, 5.74) is 6.37. The van der Waals surface area contributed by atoms with Crippen molar-refractivity contribution in [3.05, 3.63) is 29.8 Å². The van der Waals surface area contributed by atoms with Crippen molar-refractivity contribution >= 4 is 21.5 Å². The van der Waals surface area contributed by atoms with E-state index < -0.39 is 10.0 Å². The van der Waals surface area contributed by atoms with E-state index in [2.05, 4.69) is 9.88 Å². The molecule has 100 valence electrons. The van der Waals surface area contributed by atoms with E-state index in [1.165, 1.54) is 0 Å². The Morgan fingerprint density at radius 3 is 2.39 bits per heavy atom. The number of benzene rings is 1. The van der Waals surface area contributed by atoms with Crippen molar-refractivity contribution in [2.24, 2.45) is 16.8 Å².